The molecule has 0 spiro atoms. The minimum Gasteiger partial charge on any atom is -0.348 e. The van der Waals surface area contributed by atoms with E-state index in [1.54, 1.807) is 0 Å². The first-order chi connectivity index (χ1) is 9.51. The van der Waals surface area contributed by atoms with Crippen molar-refractivity contribution in [2.24, 2.45) is 5.92 Å². The molecule has 0 saturated heterocycles. The summed E-state index contributed by atoms with van der Waals surface area (Å²) in [6.07, 6.45) is 2.23. The van der Waals surface area contributed by atoms with Gasteiger partial charge in [0.2, 0.25) is 0 Å². The summed E-state index contributed by atoms with van der Waals surface area (Å²) >= 11 is 0. The van der Waals surface area contributed by atoms with Crippen LogP contribution in [0, 0.1) is 33.2 Å². The van der Waals surface area contributed by atoms with Gasteiger partial charge in [-0.15, -0.1) is 0 Å². The van der Waals surface area contributed by atoms with Crippen LogP contribution in [-0.2, 0) is 0 Å². The number of carbonyl (C=O) groups is 1. The maximum atomic E-state index is 13.3. The molecule has 1 aromatic carbocycles. The van der Waals surface area contributed by atoms with Crippen molar-refractivity contribution in [3.05, 3.63) is 39.7 Å². The van der Waals surface area contributed by atoms with Crippen molar-refractivity contribution in [2.75, 3.05) is 0 Å². The largest absolute Gasteiger partial charge is 0.348 e. The maximum absolute atomic E-state index is 13.3. The molecule has 1 amide bonds. The Balaban J connectivity index is 2.17. The Morgan fingerprint density at radius 1 is 1.45 bits per heavy atom. The monoisotopic (exact) mass is 277 g/mol. The number of hydrogen-bond acceptors (Lipinski definition) is 4. The summed E-state index contributed by atoms with van der Waals surface area (Å²) in [6, 6.07) is 4.55. The minimum atomic E-state index is -0.840. The van der Waals surface area contributed by atoms with E-state index in [1.807, 2.05) is 0 Å². The Morgan fingerprint density at radius 3 is 2.85 bits per heavy atom. The molecular weight excluding hydrogens is 265 g/mol. The van der Waals surface area contributed by atoms with Crippen LogP contribution in [0.1, 0.15) is 29.6 Å². The zero-order valence-corrected chi connectivity index (χ0v) is 10.5. The highest BCUT2D eigenvalue weighted by Gasteiger charge is 2.29. The Bertz CT molecular complexity index is 597. The molecule has 0 aromatic heterocycles. The van der Waals surface area contributed by atoms with Crippen molar-refractivity contribution in [1.29, 1.82) is 5.26 Å². The highest BCUT2D eigenvalue weighted by molar-refractivity contribution is 5.95. The SMILES string of the molecule is N#CC1CCCC1NC(=O)c1cc(F)cc([N+](=O)[O-])c1. The Labute approximate surface area is 114 Å². The lowest BCUT2D eigenvalue weighted by atomic mass is 10.1. The van der Waals surface area contributed by atoms with Gasteiger partial charge in [-0.1, -0.05) is 0 Å². The van der Waals surface area contributed by atoms with Crippen molar-refractivity contribution in [2.45, 2.75) is 25.3 Å². The minimum absolute atomic E-state index is 0.111. The van der Waals surface area contributed by atoms with E-state index in [4.69, 9.17) is 5.26 Å². The number of rotatable bonds is 3. The normalized spacial score (nSPS) is 21.2. The topological polar surface area (TPSA) is 96.0 Å². The number of nitrogens with one attached hydrogen (secondary N) is 1. The number of carbonyl (C=O) groups excluding carboxylic acids is 1. The molecule has 0 heterocycles. The van der Waals surface area contributed by atoms with Crippen molar-refractivity contribution >= 4 is 11.6 Å². The summed E-state index contributed by atoms with van der Waals surface area (Å²) in [5.41, 5.74) is -0.585. The van der Waals surface area contributed by atoms with Crippen LogP contribution >= 0.6 is 0 Å². The second-order valence-electron chi connectivity index (χ2n) is 4.70. The van der Waals surface area contributed by atoms with E-state index in [9.17, 15) is 19.3 Å². The average Bonchev–Trinajstić information content (AvgIpc) is 2.85. The number of amides is 1. The van der Waals surface area contributed by atoms with Crippen molar-refractivity contribution in [1.82, 2.24) is 5.32 Å². The third-order valence-electron chi connectivity index (χ3n) is 3.35. The molecule has 1 N–H and O–H groups in total. The van der Waals surface area contributed by atoms with Gasteiger partial charge >= 0.3 is 0 Å². The van der Waals surface area contributed by atoms with E-state index in [2.05, 4.69) is 11.4 Å². The molecule has 2 atom stereocenters. The molecule has 1 aliphatic rings. The standard InChI is InChI=1S/C13H12FN3O3/c14-10-4-9(5-11(6-10)17(19)20)13(18)16-12-3-1-2-8(12)7-15/h4-6,8,12H,1-3H2,(H,16,18). The van der Waals surface area contributed by atoms with Crippen LogP contribution in [0.3, 0.4) is 0 Å². The number of nitro groups is 1. The van der Waals surface area contributed by atoms with Crippen molar-refractivity contribution in [3.63, 3.8) is 0 Å². The van der Waals surface area contributed by atoms with E-state index in [1.165, 1.54) is 0 Å². The molecule has 7 heteroatoms. The van der Waals surface area contributed by atoms with Gasteiger partial charge in [0.15, 0.2) is 0 Å². The van der Waals surface area contributed by atoms with Crippen LogP contribution in [-0.4, -0.2) is 16.9 Å². The summed E-state index contributed by atoms with van der Waals surface area (Å²) in [5, 5.41) is 22.2. The fraction of sp³-hybridized carbons (Fsp3) is 0.385. The first-order valence-corrected chi connectivity index (χ1v) is 6.16. The van der Waals surface area contributed by atoms with Gasteiger partial charge in [0.1, 0.15) is 5.82 Å². The number of benzene rings is 1. The highest BCUT2D eigenvalue weighted by atomic mass is 19.1. The summed E-state index contributed by atoms with van der Waals surface area (Å²) in [4.78, 5) is 21.9. The summed E-state index contributed by atoms with van der Waals surface area (Å²) < 4.78 is 13.3. The number of nitrogens with zero attached hydrogens (tertiary/aromatic N) is 2. The van der Waals surface area contributed by atoms with Crippen LogP contribution in [0.2, 0.25) is 0 Å². The Morgan fingerprint density at radius 2 is 2.20 bits per heavy atom. The van der Waals surface area contributed by atoms with Gasteiger partial charge in [0.25, 0.3) is 11.6 Å². The van der Waals surface area contributed by atoms with Gasteiger partial charge in [-0.05, 0) is 25.3 Å². The number of nitriles is 1. The van der Waals surface area contributed by atoms with Crippen molar-refractivity contribution < 1.29 is 14.1 Å². The smallest absolute Gasteiger partial charge is 0.273 e. The van der Waals surface area contributed by atoms with E-state index in [0.717, 1.165) is 24.6 Å². The molecule has 1 aromatic rings. The maximum Gasteiger partial charge on any atom is 0.273 e. The molecule has 6 nitrogen and oxygen atoms in total. The number of hydrogen-bond donors (Lipinski definition) is 1. The predicted molar refractivity (Wildman–Crippen MR) is 67.3 cm³/mol. The lowest BCUT2D eigenvalue weighted by Crippen LogP contribution is -2.36. The zero-order valence-electron chi connectivity index (χ0n) is 10.5. The van der Waals surface area contributed by atoms with Crippen LogP contribution in [0.25, 0.3) is 0 Å². The molecule has 104 valence electrons. The Hall–Kier alpha value is -2.49. The summed E-state index contributed by atoms with van der Waals surface area (Å²) in [6.45, 7) is 0. The number of halogens is 1. The second-order valence-corrected chi connectivity index (χ2v) is 4.70. The first kappa shape index (κ1) is 13.9. The van der Waals surface area contributed by atoms with Gasteiger partial charge in [-0.2, -0.15) is 5.26 Å². The highest BCUT2D eigenvalue weighted by Crippen LogP contribution is 2.25. The van der Waals surface area contributed by atoms with Crippen LogP contribution < -0.4 is 5.32 Å². The van der Waals surface area contributed by atoms with Gasteiger partial charge in [0, 0.05) is 17.7 Å². The third-order valence-corrected chi connectivity index (χ3v) is 3.35. The fourth-order valence-electron chi connectivity index (χ4n) is 2.35. The Kier molecular flexibility index (Phi) is 3.94. The van der Waals surface area contributed by atoms with Gasteiger partial charge in [0.05, 0.1) is 23.0 Å². The summed E-state index contributed by atoms with van der Waals surface area (Å²) in [5.74, 6) is -1.70. The summed E-state index contributed by atoms with van der Waals surface area (Å²) in [7, 11) is 0. The molecule has 2 unspecified atom stereocenters. The number of non-ortho nitro benzene ring substituents is 1. The lowest BCUT2D eigenvalue weighted by Gasteiger charge is -2.15. The predicted octanol–water partition coefficient (Wildman–Crippen LogP) is 2.16. The van der Waals surface area contributed by atoms with Crippen LogP contribution in [0.5, 0.6) is 0 Å². The molecular formula is C13H12FN3O3. The van der Waals surface area contributed by atoms with E-state index < -0.39 is 22.3 Å². The molecule has 0 radical (unpaired) electrons. The molecule has 20 heavy (non-hydrogen) atoms. The zero-order chi connectivity index (χ0) is 14.7. The van der Waals surface area contributed by atoms with Crippen molar-refractivity contribution in [3.8, 4) is 6.07 Å². The van der Waals surface area contributed by atoms with E-state index in [0.29, 0.717) is 12.8 Å². The van der Waals surface area contributed by atoms with Crippen LogP contribution in [0.15, 0.2) is 18.2 Å². The quantitative estimate of drug-likeness (QED) is 0.676. The molecule has 1 fully saturated rings. The second kappa shape index (κ2) is 5.65. The van der Waals surface area contributed by atoms with Gasteiger partial charge in [-0.3, -0.25) is 14.9 Å². The molecule has 1 saturated carbocycles. The van der Waals surface area contributed by atoms with Gasteiger partial charge < -0.3 is 5.32 Å². The number of nitro benzene ring substituents is 1. The van der Waals surface area contributed by atoms with Gasteiger partial charge in [-0.25, -0.2) is 4.39 Å². The third kappa shape index (κ3) is 2.91. The molecule has 0 bridgehead atoms. The molecule has 1 aliphatic carbocycles. The molecule has 0 aliphatic heterocycles. The van der Waals surface area contributed by atoms with Crippen LogP contribution in [0.4, 0.5) is 10.1 Å². The fourth-order valence-corrected chi connectivity index (χ4v) is 2.35. The first-order valence-electron chi connectivity index (χ1n) is 6.16. The molecule has 2 rings (SSSR count). The van der Waals surface area contributed by atoms with E-state index >= 15 is 0 Å². The van der Waals surface area contributed by atoms with E-state index in [-0.39, 0.29) is 17.5 Å². The lowest BCUT2D eigenvalue weighted by molar-refractivity contribution is -0.385. The average molecular weight is 277 g/mol.